The average Bonchev–Trinajstić information content (AvgIpc) is 1.61. The molecule has 2 fully saturated rings. The molecule has 6 aliphatic rings. The minimum Gasteiger partial charge on any atom is -0.493 e. The van der Waals surface area contributed by atoms with Crippen LogP contribution in [0.15, 0.2) is 76.5 Å². The largest absolute Gasteiger partial charge is 0.493 e. The van der Waals surface area contributed by atoms with Gasteiger partial charge in [0, 0.05) is 93.8 Å². The maximum atomic E-state index is 14.1. The van der Waals surface area contributed by atoms with Gasteiger partial charge in [-0.2, -0.15) is 0 Å². The van der Waals surface area contributed by atoms with Crippen molar-refractivity contribution >= 4 is 82.3 Å². The second kappa shape index (κ2) is 39.7. The smallest absolute Gasteiger partial charge is 0.260 e. The van der Waals surface area contributed by atoms with Gasteiger partial charge in [-0.15, -0.1) is 0 Å². The molecule has 1 aliphatic carbocycles. The van der Waals surface area contributed by atoms with Crippen molar-refractivity contribution in [3.05, 3.63) is 83.2 Å². The number of rotatable bonds is 46. The Labute approximate surface area is 594 Å². The number of nitrogens with one attached hydrogen (secondary N) is 4. The molecule has 5 heterocycles. The molecule has 102 heavy (non-hydrogen) atoms. The highest BCUT2D eigenvalue weighted by atomic mass is 16.6. The summed E-state index contributed by atoms with van der Waals surface area (Å²) in [6, 6.07) is 11.7. The number of hydrogen-bond acceptors (Lipinski definition) is 22. The minimum absolute atomic E-state index is 0.0154. The summed E-state index contributed by atoms with van der Waals surface area (Å²) in [5, 5.41) is 11.1. The lowest BCUT2D eigenvalue weighted by molar-refractivity contribution is -0.139. The van der Waals surface area contributed by atoms with Crippen molar-refractivity contribution in [3.63, 3.8) is 0 Å². The number of amides is 8. The van der Waals surface area contributed by atoms with Gasteiger partial charge in [0.05, 0.1) is 168 Å². The highest BCUT2D eigenvalue weighted by Crippen LogP contribution is 2.45. The van der Waals surface area contributed by atoms with E-state index in [1.165, 1.54) is 32.6 Å². The van der Waals surface area contributed by atoms with Crippen LogP contribution in [0, 0.1) is 17.8 Å². The molecule has 1 saturated carbocycles. The molecule has 5 atom stereocenters. The molecule has 1 saturated heterocycles. The van der Waals surface area contributed by atoms with Gasteiger partial charge in [-0.05, 0) is 79.0 Å². The van der Waals surface area contributed by atoms with Gasteiger partial charge < -0.3 is 87.9 Å². The number of fused-ring (bicyclic) bond motifs is 4. The zero-order valence-electron chi connectivity index (χ0n) is 59.2. The zero-order valence-corrected chi connectivity index (χ0v) is 59.2. The van der Waals surface area contributed by atoms with Crippen LogP contribution in [0.1, 0.15) is 105 Å². The Morgan fingerprint density at radius 2 is 1.05 bits per heavy atom. The summed E-state index contributed by atoms with van der Waals surface area (Å²) in [7, 11) is 3.05. The first-order chi connectivity index (χ1) is 49.5. The molecule has 4 N–H and O–H groups in total. The molecule has 8 amide bonds. The van der Waals surface area contributed by atoms with Crippen LogP contribution >= 0.6 is 0 Å². The van der Waals surface area contributed by atoms with Gasteiger partial charge >= 0.3 is 0 Å². The van der Waals surface area contributed by atoms with Crippen LogP contribution in [0.5, 0.6) is 23.0 Å². The second-order valence-corrected chi connectivity index (χ2v) is 25.6. The number of benzene rings is 3. The number of carbonyl (C=O) groups excluding carboxylic acids is 8. The third kappa shape index (κ3) is 22.7. The van der Waals surface area contributed by atoms with Crippen molar-refractivity contribution in [1.82, 2.24) is 30.7 Å². The molecule has 29 heteroatoms. The molecule has 5 aliphatic heterocycles. The molecule has 554 valence electrons. The molecule has 3 aromatic rings. The number of likely N-dealkylation sites (tertiary alicyclic amines) is 1. The lowest BCUT2D eigenvalue weighted by Gasteiger charge is -2.24. The monoisotopic (exact) mass is 1420 g/mol. The zero-order chi connectivity index (χ0) is 72.3. The van der Waals surface area contributed by atoms with Crippen LogP contribution < -0.4 is 40.2 Å². The van der Waals surface area contributed by atoms with Crippen molar-refractivity contribution in [3.8, 4) is 23.0 Å². The number of carbonyl (C=O) groups is 8. The molecule has 1 unspecified atom stereocenters. The number of imide groups is 1. The first kappa shape index (κ1) is 77.5. The van der Waals surface area contributed by atoms with E-state index in [4.69, 9.17) is 66.8 Å². The number of methoxy groups -OCH3 is 2. The summed E-state index contributed by atoms with van der Waals surface area (Å²) in [4.78, 5) is 117. The topological polar surface area (TPSA) is 330 Å². The predicted molar refractivity (Wildman–Crippen MR) is 375 cm³/mol. The molecule has 29 nitrogen and oxygen atoms in total. The Morgan fingerprint density at radius 3 is 1.54 bits per heavy atom. The van der Waals surface area contributed by atoms with E-state index in [0.717, 1.165) is 22.5 Å². The Morgan fingerprint density at radius 1 is 0.549 bits per heavy atom. The third-order valence-electron chi connectivity index (χ3n) is 17.6. The van der Waals surface area contributed by atoms with Crippen LogP contribution in [0.3, 0.4) is 0 Å². The van der Waals surface area contributed by atoms with Crippen molar-refractivity contribution < 1.29 is 95.2 Å². The van der Waals surface area contributed by atoms with E-state index >= 15 is 0 Å². The molecule has 9 rings (SSSR count). The highest BCUT2D eigenvalue weighted by Gasteiger charge is 2.39. The fraction of sp³-hybridized carbons (Fsp3) is 0.562. The highest BCUT2D eigenvalue weighted by molar-refractivity contribution is 6.07. The predicted octanol–water partition coefficient (Wildman–Crippen LogP) is 5.76. The quantitative estimate of drug-likeness (QED) is 0.0386. The summed E-state index contributed by atoms with van der Waals surface area (Å²) >= 11 is 0. The van der Waals surface area contributed by atoms with Crippen LogP contribution in [0.2, 0.25) is 0 Å². The Bertz CT molecular complexity index is 3500. The van der Waals surface area contributed by atoms with Gasteiger partial charge in [-0.25, -0.2) is 0 Å². The van der Waals surface area contributed by atoms with E-state index in [-0.39, 0.29) is 112 Å². The minimum atomic E-state index is -0.938. The summed E-state index contributed by atoms with van der Waals surface area (Å²) < 4.78 is 67.8. The van der Waals surface area contributed by atoms with E-state index in [1.54, 1.807) is 80.1 Å². The van der Waals surface area contributed by atoms with Gasteiger partial charge in [-0.3, -0.25) is 53.2 Å². The van der Waals surface area contributed by atoms with Crippen LogP contribution in [-0.2, 0) is 66.7 Å². The van der Waals surface area contributed by atoms with Crippen molar-refractivity contribution in [2.75, 3.05) is 152 Å². The fourth-order valence-corrected chi connectivity index (χ4v) is 11.7. The first-order valence-electron chi connectivity index (χ1n) is 35.1. The first-order valence-corrected chi connectivity index (χ1v) is 35.1. The van der Waals surface area contributed by atoms with Crippen molar-refractivity contribution in [2.24, 2.45) is 27.7 Å². The SMILES string of the molecule is COc1cc2c(cc1OCCCOc1cc3c(cc1OC)C(=O)N1C=C(C4CC4)C[C@H]1C=N3)N=C[C@@H]1CC(c3ccc(NC(=O)[C@H](C)NC(=O)[C@@H](NC(=O)CCOCCOCCOCCOCCOCCOCCOCCOCCNC(=O)CCN4C(=O)CC(C)C4=O)C(C)C)cc3)=CN1C2=O. The normalized spacial score (nSPS) is 18.0. The molecule has 0 spiro atoms. The molecule has 0 aromatic heterocycles. The van der Waals surface area contributed by atoms with E-state index in [0.29, 0.717) is 169 Å². The summed E-state index contributed by atoms with van der Waals surface area (Å²) in [5.74, 6) is -0.750. The number of anilines is 1. The fourth-order valence-electron chi connectivity index (χ4n) is 11.7. The molecular weight excluding hydrogens is 1320 g/mol. The third-order valence-corrected chi connectivity index (χ3v) is 17.6. The second-order valence-electron chi connectivity index (χ2n) is 25.6. The maximum absolute atomic E-state index is 14.1. The molecule has 0 radical (unpaired) electrons. The summed E-state index contributed by atoms with van der Waals surface area (Å²) in [5.41, 5.74) is 5.34. The molecule has 0 bridgehead atoms. The van der Waals surface area contributed by atoms with Gasteiger partial charge in [-0.1, -0.05) is 32.9 Å². The van der Waals surface area contributed by atoms with E-state index < -0.39 is 23.9 Å². The lowest BCUT2D eigenvalue weighted by Crippen LogP contribution is -2.53. The Balaban J connectivity index is 0.567. The van der Waals surface area contributed by atoms with E-state index in [1.807, 2.05) is 30.7 Å². The number of nitrogens with zero attached hydrogens (tertiary/aromatic N) is 5. The number of aliphatic imine (C=N–C) groups is 2. The maximum Gasteiger partial charge on any atom is 0.260 e. The van der Waals surface area contributed by atoms with Gasteiger partial charge in [0.2, 0.25) is 35.4 Å². The van der Waals surface area contributed by atoms with E-state index in [2.05, 4.69) is 21.3 Å². The van der Waals surface area contributed by atoms with Gasteiger partial charge in [0.25, 0.3) is 11.8 Å². The van der Waals surface area contributed by atoms with Crippen molar-refractivity contribution in [2.45, 2.75) is 103 Å². The molecule has 3 aromatic carbocycles. The van der Waals surface area contributed by atoms with Crippen LogP contribution in [0.25, 0.3) is 5.57 Å². The van der Waals surface area contributed by atoms with Gasteiger partial charge in [0.15, 0.2) is 23.0 Å². The standard InChI is InChI=1S/C73H97N9O20/c1-47(2)68(79-66(84)15-20-93-22-24-95-26-28-97-30-32-99-34-35-100-33-31-98-29-27-96-25-23-94-21-16-74-65(83)14-17-80-67(85)36-48(3)71(80)88)70(87)77-49(4)69(86)78-54-12-10-51(11-13-54)53-38-56-44-76-60-42-64(62(92-6)40-58(60)73(90)82(56)46-53)102-19-7-18-101-63-41-59-57(39-61(63)91-5)72(89)81-45-52(50-8-9-50)37-55(81)43-75-59/h10-13,39-50,55-56,68H,7-9,14-38H2,1-6H3,(H,74,83)(H,77,87)(H,78,86)(H,79,84)/t48?,49-,55-,56-,68-/m0/s1. The molecular formula is C73H97N9O20. The summed E-state index contributed by atoms with van der Waals surface area (Å²) in [6.45, 7) is 13.5. The van der Waals surface area contributed by atoms with Crippen molar-refractivity contribution in [1.29, 1.82) is 0 Å². The number of ether oxygens (including phenoxy) is 12. The lowest BCUT2D eigenvalue weighted by atomic mass is 10.0. The van der Waals surface area contributed by atoms with Crippen LogP contribution in [0.4, 0.5) is 17.1 Å². The van der Waals surface area contributed by atoms with Crippen LogP contribution in [-0.4, -0.2) is 245 Å². The van der Waals surface area contributed by atoms with Gasteiger partial charge in [0.1, 0.15) is 12.1 Å². The Hall–Kier alpha value is -8.68. The van der Waals surface area contributed by atoms with E-state index in [9.17, 15) is 38.4 Å². The average molecular weight is 1420 g/mol. The summed E-state index contributed by atoms with van der Waals surface area (Å²) in [6.07, 6.45) is 11.8. The Kier molecular flexibility index (Phi) is 30.1. The number of hydrogen-bond donors (Lipinski definition) is 4.